The van der Waals surface area contributed by atoms with Gasteiger partial charge in [0, 0.05) is 25.2 Å². The summed E-state index contributed by atoms with van der Waals surface area (Å²) in [4.78, 5) is 28.3. The summed E-state index contributed by atoms with van der Waals surface area (Å²) in [6.45, 7) is 0.191. The molecule has 0 spiro atoms. The number of rotatable bonds is 8. The van der Waals surface area contributed by atoms with Gasteiger partial charge in [0.2, 0.25) is 0 Å². The molecular formula is C16H19N3O5S. The zero-order chi connectivity index (χ0) is 18.2. The van der Waals surface area contributed by atoms with Crippen molar-refractivity contribution in [1.29, 1.82) is 0 Å². The van der Waals surface area contributed by atoms with Crippen LogP contribution in [-0.4, -0.2) is 51.0 Å². The number of nitrogens with one attached hydrogen (secondary N) is 2. The van der Waals surface area contributed by atoms with Gasteiger partial charge >= 0.3 is 0 Å². The minimum absolute atomic E-state index is 0.191. The van der Waals surface area contributed by atoms with Crippen LogP contribution < -0.4 is 15.4 Å². The molecule has 0 radical (unpaired) electrons. The first-order chi connectivity index (χ1) is 12.1. The van der Waals surface area contributed by atoms with Crippen LogP contribution in [0, 0.1) is 0 Å². The maximum Gasteiger partial charge on any atom is 0.271 e. The molecule has 0 aliphatic rings. The SMILES string of the molecule is COc1ccc(C(=O)Nc2nc(C(=O)NCC(OC)OC)cs2)cc1. The van der Waals surface area contributed by atoms with E-state index in [2.05, 4.69) is 15.6 Å². The van der Waals surface area contributed by atoms with E-state index in [-0.39, 0.29) is 24.1 Å². The monoisotopic (exact) mass is 365 g/mol. The molecule has 0 fully saturated rings. The minimum atomic E-state index is -0.531. The molecule has 25 heavy (non-hydrogen) atoms. The van der Waals surface area contributed by atoms with Crippen molar-refractivity contribution in [3.8, 4) is 5.75 Å². The van der Waals surface area contributed by atoms with Crippen LogP contribution in [0.15, 0.2) is 29.6 Å². The average Bonchev–Trinajstić information content (AvgIpc) is 3.11. The standard InChI is InChI=1S/C16H19N3O5S/c1-22-11-6-4-10(5-7-11)14(20)19-16-18-12(9-25-16)15(21)17-8-13(23-2)24-3/h4-7,9,13H,8H2,1-3H3,(H,17,21)(H,18,19,20). The van der Waals surface area contributed by atoms with Gasteiger partial charge in [-0.3, -0.25) is 14.9 Å². The minimum Gasteiger partial charge on any atom is -0.497 e. The van der Waals surface area contributed by atoms with Gasteiger partial charge in [-0.2, -0.15) is 0 Å². The molecule has 0 aliphatic carbocycles. The van der Waals surface area contributed by atoms with Gasteiger partial charge < -0.3 is 19.5 Å². The third-order valence-corrected chi connectivity index (χ3v) is 4.02. The fourth-order valence-corrected chi connectivity index (χ4v) is 2.56. The molecule has 1 heterocycles. The van der Waals surface area contributed by atoms with E-state index in [9.17, 15) is 9.59 Å². The van der Waals surface area contributed by atoms with Crippen LogP contribution in [0.25, 0.3) is 0 Å². The number of methoxy groups -OCH3 is 3. The van der Waals surface area contributed by atoms with E-state index in [0.29, 0.717) is 16.4 Å². The molecule has 0 bridgehead atoms. The second-order valence-electron chi connectivity index (χ2n) is 4.83. The lowest BCUT2D eigenvalue weighted by Gasteiger charge is -2.13. The summed E-state index contributed by atoms with van der Waals surface area (Å²) in [6.07, 6.45) is -0.531. The van der Waals surface area contributed by atoms with Gasteiger partial charge in [0.05, 0.1) is 13.7 Å². The van der Waals surface area contributed by atoms with Crippen LogP contribution in [0.3, 0.4) is 0 Å². The number of hydrogen-bond acceptors (Lipinski definition) is 7. The average molecular weight is 365 g/mol. The molecule has 2 amide bonds. The molecular weight excluding hydrogens is 346 g/mol. The van der Waals surface area contributed by atoms with Gasteiger partial charge in [-0.15, -0.1) is 11.3 Å². The number of carbonyl (C=O) groups is 2. The lowest BCUT2D eigenvalue weighted by molar-refractivity contribution is -0.0974. The highest BCUT2D eigenvalue weighted by molar-refractivity contribution is 7.14. The maximum absolute atomic E-state index is 12.2. The van der Waals surface area contributed by atoms with Crippen molar-refractivity contribution in [3.05, 3.63) is 40.9 Å². The van der Waals surface area contributed by atoms with Crippen molar-refractivity contribution >= 4 is 28.3 Å². The molecule has 0 unspecified atom stereocenters. The van der Waals surface area contributed by atoms with E-state index in [1.54, 1.807) is 36.8 Å². The summed E-state index contributed by atoms with van der Waals surface area (Å²) in [5.74, 6) is -0.0294. The molecule has 8 nitrogen and oxygen atoms in total. The van der Waals surface area contributed by atoms with Crippen LogP contribution in [-0.2, 0) is 9.47 Å². The number of nitrogens with zero attached hydrogens (tertiary/aromatic N) is 1. The zero-order valence-electron chi connectivity index (χ0n) is 14.1. The van der Waals surface area contributed by atoms with Crippen molar-refractivity contribution in [2.75, 3.05) is 33.2 Å². The van der Waals surface area contributed by atoms with Crippen molar-refractivity contribution in [1.82, 2.24) is 10.3 Å². The Morgan fingerprint density at radius 3 is 2.40 bits per heavy atom. The van der Waals surface area contributed by atoms with Crippen LogP contribution in [0.2, 0.25) is 0 Å². The fourth-order valence-electron chi connectivity index (χ4n) is 1.88. The Labute approximate surface area is 149 Å². The van der Waals surface area contributed by atoms with Gasteiger partial charge in [-0.1, -0.05) is 0 Å². The predicted molar refractivity (Wildman–Crippen MR) is 93.2 cm³/mol. The number of ether oxygens (including phenoxy) is 3. The first kappa shape index (κ1) is 18.8. The molecule has 2 N–H and O–H groups in total. The largest absolute Gasteiger partial charge is 0.497 e. The van der Waals surface area contributed by atoms with E-state index < -0.39 is 6.29 Å². The Hall–Kier alpha value is -2.49. The number of carbonyl (C=O) groups excluding carboxylic acids is 2. The van der Waals surface area contributed by atoms with Crippen molar-refractivity contribution in [2.24, 2.45) is 0 Å². The van der Waals surface area contributed by atoms with Crippen molar-refractivity contribution < 1.29 is 23.8 Å². The normalized spacial score (nSPS) is 10.6. The Kier molecular flexibility index (Phi) is 6.87. The molecule has 0 saturated carbocycles. The molecule has 2 aromatic rings. The highest BCUT2D eigenvalue weighted by atomic mass is 32.1. The van der Waals surface area contributed by atoms with E-state index >= 15 is 0 Å². The number of amides is 2. The number of hydrogen-bond donors (Lipinski definition) is 2. The molecule has 9 heteroatoms. The molecule has 0 aliphatic heterocycles. The Bertz CT molecular complexity index is 713. The molecule has 1 aromatic carbocycles. The van der Waals surface area contributed by atoms with Gasteiger partial charge in [-0.25, -0.2) is 4.98 Å². The van der Waals surface area contributed by atoms with Crippen molar-refractivity contribution in [2.45, 2.75) is 6.29 Å². The highest BCUT2D eigenvalue weighted by Gasteiger charge is 2.15. The van der Waals surface area contributed by atoms with E-state index in [1.165, 1.54) is 14.2 Å². The van der Waals surface area contributed by atoms with Crippen molar-refractivity contribution in [3.63, 3.8) is 0 Å². The lowest BCUT2D eigenvalue weighted by atomic mass is 10.2. The summed E-state index contributed by atoms with van der Waals surface area (Å²) in [6, 6.07) is 6.67. The fraction of sp³-hybridized carbons (Fsp3) is 0.312. The van der Waals surface area contributed by atoms with E-state index in [1.807, 2.05) is 0 Å². The topological polar surface area (TPSA) is 98.8 Å². The Balaban J connectivity index is 1.93. The van der Waals surface area contributed by atoms with Crippen LogP contribution in [0.1, 0.15) is 20.8 Å². The van der Waals surface area contributed by atoms with E-state index in [4.69, 9.17) is 14.2 Å². The third kappa shape index (κ3) is 5.24. The van der Waals surface area contributed by atoms with Crippen LogP contribution in [0.5, 0.6) is 5.75 Å². The second kappa shape index (κ2) is 9.11. The predicted octanol–water partition coefficient (Wildman–Crippen LogP) is 1.75. The second-order valence-corrected chi connectivity index (χ2v) is 5.69. The molecule has 134 valence electrons. The summed E-state index contributed by atoms with van der Waals surface area (Å²) >= 11 is 1.16. The van der Waals surface area contributed by atoms with Gasteiger partial charge in [0.25, 0.3) is 11.8 Å². The van der Waals surface area contributed by atoms with Crippen LogP contribution in [0.4, 0.5) is 5.13 Å². The van der Waals surface area contributed by atoms with Crippen LogP contribution >= 0.6 is 11.3 Å². The van der Waals surface area contributed by atoms with E-state index in [0.717, 1.165) is 11.3 Å². The third-order valence-electron chi connectivity index (χ3n) is 3.26. The summed E-state index contributed by atoms with van der Waals surface area (Å²) in [7, 11) is 4.52. The van der Waals surface area contributed by atoms with Gasteiger partial charge in [0.1, 0.15) is 11.4 Å². The summed E-state index contributed by atoms with van der Waals surface area (Å²) in [5, 5.41) is 7.19. The smallest absolute Gasteiger partial charge is 0.271 e. The maximum atomic E-state index is 12.2. The Morgan fingerprint density at radius 1 is 1.12 bits per heavy atom. The summed E-state index contributed by atoms with van der Waals surface area (Å²) < 4.78 is 15.0. The number of thiazole rings is 1. The molecule has 0 atom stereocenters. The van der Waals surface area contributed by atoms with Gasteiger partial charge in [-0.05, 0) is 24.3 Å². The molecule has 1 aromatic heterocycles. The lowest BCUT2D eigenvalue weighted by Crippen LogP contribution is -2.34. The Morgan fingerprint density at radius 2 is 1.80 bits per heavy atom. The first-order valence-electron chi connectivity index (χ1n) is 7.32. The number of anilines is 1. The van der Waals surface area contributed by atoms with Gasteiger partial charge in [0.15, 0.2) is 11.4 Å². The molecule has 0 saturated heterocycles. The highest BCUT2D eigenvalue weighted by Crippen LogP contribution is 2.17. The summed E-state index contributed by atoms with van der Waals surface area (Å²) in [5.41, 5.74) is 0.672. The quantitative estimate of drug-likeness (QED) is 0.692. The molecule has 2 rings (SSSR count). The zero-order valence-corrected chi connectivity index (χ0v) is 14.9. The number of aromatic nitrogens is 1. The first-order valence-corrected chi connectivity index (χ1v) is 8.20. The number of benzene rings is 1.